The van der Waals surface area contributed by atoms with Crippen LogP contribution in [0.1, 0.15) is 54.4 Å². The minimum absolute atomic E-state index is 0.0000713. The Kier molecular flexibility index (Phi) is 6.17. The Labute approximate surface area is 177 Å². The standard InChI is InChI=1S/C25H28N2O3/c1-2-30-20-9-7-19(8-10-20)24(28)11-12-25(29)27-15-13-18(14-16-27)22-17-26-23-6-4-3-5-21(22)23/h3-10,17-18,26H,2,11-16H2,1H3. The van der Waals surface area contributed by atoms with Crippen LogP contribution in [0.3, 0.4) is 0 Å². The number of benzene rings is 2. The van der Waals surface area contributed by atoms with Gasteiger partial charge in [0.1, 0.15) is 5.75 Å². The van der Waals surface area contributed by atoms with Crippen molar-refractivity contribution < 1.29 is 14.3 Å². The average Bonchev–Trinajstić information content (AvgIpc) is 3.22. The highest BCUT2D eigenvalue weighted by Gasteiger charge is 2.25. The fourth-order valence-electron chi connectivity index (χ4n) is 4.30. The molecule has 156 valence electrons. The van der Waals surface area contributed by atoms with Gasteiger partial charge in [-0.3, -0.25) is 9.59 Å². The van der Waals surface area contributed by atoms with E-state index in [0.717, 1.165) is 31.7 Å². The number of Topliss-reactive ketones (excluding diaryl/α,β-unsaturated/α-hetero) is 1. The predicted octanol–water partition coefficient (Wildman–Crippen LogP) is 4.94. The lowest BCUT2D eigenvalue weighted by Crippen LogP contribution is -2.38. The van der Waals surface area contributed by atoms with E-state index in [-0.39, 0.29) is 24.5 Å². The maximum absolute atomic E-state index is 12.6. The summed E-state index contributed by atoms with van der Waals surface area (Å²) in [7, 11) is 0. The first kappa shape index (κ1) is 20.2. The van der Waals surface area contributed by atoms with Crippen LogP contribution in [0.5, 0.6) is 5.75 Å². The van der Waals surface area contributed by atoms with Crippen molar-refractivity contribution in [1.82, 2.24) is 9.88 Å². The second kappa shape index (κ2) is 9.16. The molecule has 1 fully saturated rings. The van der Waals surface area contributed by atoms with Gasteiger partial charge in [-0.25, -0.2) is 0 Å². The summed E-state index contributed by atoms with van der Waals surface area (Å²) in [6, 6.07) is 15.5. The fourth-order valence-corrected chi connectivity index (χ4v) is 4.30. The van der Waals surface area contributed by atoms with Crippen molar-refractivity contribution in [2.45, 2.75) is 38.5 Å². The first-order valence-electron chi connectivity index (χ1n) is 10.8. The number of carbonyl (C=O) groups excluding carboxylic acids is 2. The summed E-state index contributed by atoms with van der Waals surface area (Å²) in [5, 5.41) is 1.28. The number of ether oxygens (including phenoxy) is 1. The van der Waals surface area contributed by atoms with Crippen LogP contribution in [0.15, 0.2) is 54.7 Å². The smallest absolute Gasteiger partial charge is 0.223 e. The molecule has 0 saturated carbocycles. The number of piperidine rings is 1. The number of ketones is 1. The molecule has 4 rings (SSSR count). The molecule has 1 aliphatic rings. The first-order valence-corrected chi connectivity index (χ1v) is 10.8. The number of carbonyl (C=O) groups is 2. The minimum Gasteiger partial charge on any atom is -0.494 e. The lowest BCUT2D eigenvalue weighted by atomic mass is 9.89. The van der Waals surface area contributed by atoms with E-state index in [1.54, 1.807) is 24.3 Å². The Morgan fingerprint density at radius 1 is 1.03 bits per heavy atom. The zero-order valence-corrected chi connectivity index (χ0v) is 17.4. The van der Waals surface area contributed by atoms with Crippen molar-refractivity contribution >= 4 is 22.6 Å². The summed E-state index contributed by atoms with van der Waals surface area (Å²) >= 11 is 0. The lowest BCUT2D eigenvalue weighted by molar-refractivity contribution is -0.132. The number of nitrogens with zero attached hydrogens (tertiary/aromatic N) is 1. The first-order chi connectivity index (χ1) is 14.7. The van der Waals surface area contributed by atoms with Crippen molar-refractivity contribution in [1.29, 1.82) is 0 Å². The van der Waals surface area contributed by atoms with E-state index < -0.39 is 0 Å². The van der Waals surface area contributed by atoms with Crippen LogP contribution in [0, 0.1) is 0 Å². The number of likely N-dealkylation sites (tertiary alicyclic amines) is 1. The molecule has 1 saturated heterocycles. The summed E-state index contributed by atoms with van der Waals surface area (Å²) in [5.74, 6) is 1.30. The van der Waals surface area contributed by atoms with Gasteiger partial charge >= 0.3 is 0 Å². The van der Waals surface area contributed by atoms with E-state index in [0.29, 0.717) is 18.1 Å². The van der Waals surface area contributed by atoms with Crippen molar-refractivity contribution in [3.05, 3.63) is 65.9 Å². The predicted molar refractivity (Wildman–Crippen MR) is 118 cm³/mol. The van der Waals surface area contributed by atoms with Crippen molar-refractivity contribution in [2.75, 3.05) is 19.7 Å². The van der Waals surface area contributed by atoms with Crippen molar-refractivity contribution in [3.63, 3.8) is 0 Å². The Balaban J connectivity index is 1.27. The minimum atomic E-state index is 0.0000713. The Bertz CT molecular complexity index is 1010. The number of aromatic nitrogens is 1. The molecule has 5 heteroatoms. The monoisotopic (exact) mass is 404 g/mol. The van der Waals surface area contributed by atoms with Gasteiger partial charge in [-0.05, 0) is 61.6 Å². The largest absolute Gasteiger partial charge is 0.494 e. The summed E-state index contributed by atoms with van der Waals surface area (Å²) < 4.78 is 5.40. The zero-order valence-electron chi connectivity index (χ0n) is 17.4. The van der Waals surface area contributed by atoms with E-state index in [1.807, 2.05) is 17.9 Å². The van der Waals surface area contributed by atoms with E-state index in [4.69, 9.17) is 4.74 Å². The number of aromatic amines is 1. The highest BCUT2D eigenvalue weighted by atomic mass is 16.5. The van der Waals surface area contributed by atoms with Crippen LogP contribution in [0.2, 0.25) is 0 Å². The number of para-hydroxylation sites is 1. The van der Waals surface area contributed by atoms with Gasteiger partial charge in [0.05, 0.1) is 6.61 Å². The average molecular weight is 405 g/mol. The zero-order chi connectivity index (χ0) is 20.9. The summed E-state index contributed by atoms with van der Waals surface area (Å²) in [6.45, 7) is 4.02. The van der Waals surface area contributed by atoms with E-state index in [1.165, 1.54) is 16.5 Å². The SMILES string of the molecule is CCOc1ccc(C(=O)CCC(=O)N2CCC(c3c[nH]c4ccccc34)CC2)cc1. The number of hydrogen-bond donors (Lipinski definition) is 1. The third-order valence-corrected chi connectivity index (χ3v) is 5.96. The summed E-state index contributed by atoms with van der Waals surface area (Å²) in [5.41, 5.74) is 3.14. The van der Waals surface area contributed by atoms with Gasteiger partial charge in [0.2, 0.25) is 5.91 Å². The number of amides is 1. The highest BCUT2D eigenvalue weighted by Crippen LogP contribution is 2.33. The molecule has 2 heterocycles. The van der Waals surface area contributed by atoms with Gasteiger partial charge in [0.15, 0.2) is 5.78 Å². The fraction of sp³-hybridized carbons (Fsp3) is 0.360. The molecule has 1 aliphatic heterocycles. The molecule has 1 amide bonds. The number of H-pyrrole nitrogens is 1. The van der Waals surface area contributed by atoms with Crippen molar-refractivity contribution in [3.8, 4) is 5.75 Å². The maximum Gasteiger partial charge on any atom is 0.223 e. The molecule has 0 spiro atoms. The molecule has 0 aliphatic carbocycles. The lowest BCUT2D eigenvalue weighted by Gasteiger charge is -2.32. The molecule has 0 bridgehead atoms. The maximum atomic E-state index is 12.6. The van der Waals surface area contributed by atoms with Crippen LogP contribution in [-0.2, 0) is 4.79 Å². The Hall–Kier alpha value is -3.08. The van der Waals surface area contributed by atoms with Gasteiger partial charge < -0.3 is 14.6 Å². The highest BCUT2D eigenvalue weighted by molar-refractivity contribution is 5.98. The summed E-state index contributed by atoms with van der Waals surface area (Å²) in [6.07, 6.45) is 4.54. The third kappa shape index (κ3) is 4.40. The summed E-state index contributed by atoms with van der Waals surface area (Å²) in [4.78, 5) is 30.3. The van der Waals surface area contributed by atoms with Gasteiger partial charge in [0.25, 0.3) is 0 Å². The number of rotatable bonds is 7. The van der Waals surface area contributed by atoms with Gasteiger partial charge in [-0.15, -0.1) is 0 Å². The molecule has 5 nitrogen and oxygen atoms in total. The van der Waals surface area contributed by atoms with E-state index in [2.05, 4.69) is 29.4 Å². The van der Waals surface area contributed by atoms with Crippen LogP contribution >= 0.6 is 0 Å². The van der Waals surface area contributed by atoms with Gasteiger partial charge in [0, 0.05) is 48.6 Å². The van der Waals surface area contributed by atoms with Crippen LogP contribution in [-0.4, -0.2) is 41.3 Å². The molecule has 0 radical (unpaired) electrons. The van der Waals surface area contributed by atoms with E-state index >= 15 is 0 Å². The Morgan fingerprint density at radius 2 is 1.77 bits per heavy atom. The molecule has 1 aromatic heterocycles. The number of fused-ring (bicyclic) bond motifs is 1. The second-order valence-electron chi connectivity index (χ2n) is 7.83. The van der Waals surface area contributed by atoms with Crippen LogP contribution in [0.25, 0.3) is 10.9 Å². The van der Waals surface area contributed by atoms with Crippen LogP contribution < -0.4 is 4.74 Å². The topological polar surface area (TPSA) is 62.4 Å². The van der Waals surface area contributed by atoms with E-state index in [9.17, 15) is 9.59 Å². The molecule has 0 atom stereocenters. The molecular weight excluding hydrogens is 376 g/mol. The molecular formula is C25H28N2O3. The van der Waals surface area contributed by atoms with Gasteiger partial charge in [-0.1, -0.05) is 18.2 Å². The molecule has 3 aromatic rings. The third-order valence-electron chi connectivity index (χ3n) is 5.96. The molecule has 30 heavy (non-hydrogen) atoms. The molecule has 1 N–H and O–H groups in total. The van der Waals surface area contributed by atoms with Gasteiger partial charge in [-0.2, -0.15) is 0 Å². The Morgan fingerprint density at radius 3 is 2.50 bits per heavy atom. The normalized spacial score (nSPS) is 14.8. The number of nitrogens with one attached hydrogen (secondary N) is 1. The second-order valence-corrected chi connectivity index (χ2v) is 7.83. The molecule has 2 aromatic carbocycles. The number of hydrogen-bond acceptors (Lipinski definition) is 3. The molecule has 0 unspecified atom stereocenters. The van der Waals surface area contributed by atoms with Crippen LogP contribution in [0.4, 0.5) is 0 Å². The quantitative estimate of drug-likeness (QED) is 0.568. The van der Waals surface area contributed by atoms with Crippen molar-refractivity contribution in [2.24, 2.45) is 0 Å².